The lowest BCUT2D eigenvalue weighted by Gasteiger charge is -2.22. The summed E-state index contributed by atoms with van der Waals surface area (Å²) in [6.45, 7) is 3.24. The number of hydrogen-bond donors (Lipinski definition) is 1. The number of ether oxygens (including phenoxy) is 1. The minimum atomic E-state index is -0.177. The third-order valence-corrected chi connectivity index (χ3v) is 2.97. The highest BCUT2D eigenvalue weighted by atomic mass is 35.5. The zero-order valence-corrected chi connectivity index (χ0v) is 10.6. The molecule has 1 atom stereocenters. The molecule has 1 aliphatic heterocycles. The van der Waals surface area contributed by atoms with Gasteiger partial charge in [-0.2, -0.15) is 0 Å². The van der Waals surface area contributed by atoms with E-state index >= 15 is 0 Å². The maximum Gasteiger partial charge on any atom is 0.128 e. The normalized spacial score (nSPS) is 19.7. The first-order valence-corrected chi connectivity index (χ1v) is 5.88. The number of hydrogen-bond acceptors (Lipinski definition) is 2. The molecule has 0 radical (unpaired) electrons. The Morgan fingerprint density at radius 2 is 2.18 bits per heavy atom. The molecule has 1 aliphatic rings. The van der Waals surface area contributed by atoms with Crippen molar-refractivity contribution in [3.05, 3.63) is 35.6 Å². The van der Waals surface area contributed by atoms with E-state index in [0.29, 0.717) is 18.1 Å². The summed E-state index contributed by atoms with van der Waals surface area (Å²) < 4.78 is 18.8. The average Bonchev–Trinajstić information content (AvgIpc) is 2.33. The summed E-state index contributed by atoms with van der Waals surface area (Å²) in [5, 5.41) is 3.34. The highest BCUT2D eigenvalue weighted by Gasteiger charge is 2.12. The summed E-state index contributed by atoms with van der Waals surface area (Å²) in [6, 6.07) is 6.78. The monoisotopic (exact) mass is 259 g/mol. The standard InChI is InChI=1S/C13H18FNO.ClH/c14-13-6-2-1-5-12(13)10-16-9-11-4-3-7-15-8-11;/h1-2,5-6,11,15H,3-4,7-10H2;1H. The van der Waals surface area contributed by atoms with Crippen molar-refractivity contribution >= 4 is 12.4 Å². The van der Waals surface area contributed by atoms with Crippen molar-refractivity contribution in [2.24, 2.45) is 5.92 Å². The van der Waals surface area contributed by atoms with Gasteiger partial charge in [-0.1, -0.05) is 18.2 Å². The number of benzene rings is 1. The molecule has 17 heavy (non-hydrogen) atoms. The molecular formula is C13H19ClFNO. The third-order valence-electron chi connectivity index (χ3n) is 2.97. The molecule has 96 valence electrons. The predicted molar refractivity (Wildman–Crippen MR) is 68.9 cm³/mol. The largest absolute Gasteiger partial charge is 0.376 e. The minimum Gasteiger partial charge on any atom is -0.376 e. The van der Waals surface area contributed by atoms with Crippen LogP contribution < -0.4 is 5.32 Å². The average molecular weight is 260 g/mol. The highest BCUT2D eigenvalue weighted by Crippen LogP contribution is 2.12. The summed E-state index contributed by atoms with van der Waals surface area (Å²) in [7, 11) is 0. The minimum absolute atomic E-state index is 0. The van der Waals surface area contributed by atoms with Gasteiger partial charge in [-0.3, -0.25) is 0 Å². The van der Waals surface area contributed by atoms with Gasteiger partial charge in [0.2, 0.25) is 0 Å². The Morgan fingerprint density at radius 3 is 2.88 bits per heavy atom. The second-order valence-corrected chi connectivity index (χ2v) is 4.32. The number of nitrogens with one attached hydrogen (secondary N) is 1. The van der Waals surface area contributed by atoms with Gasteiger partial charge >= 0.3 is 0 Å². The summed E-state index contributed by atoms with van der Waals surface area (Å²) >= 11 is 0. The maximum atomic E-state index is 13.3. The molecule has 1 heterocycles. The fraction of sp³-hybridized carbons (Fsp3) is 0.538. The molecule has 1 unspecified atom stereocenters. The second kappa shape index (κ2) is 7.64. The first kappa shape index (κ1) is 14.4. The van der Waals surface area contributed by atoms with Crippen LogP contribution in [-0.4, -0.2) is 19.7 Å². The zero-order valence-electron chi connectivity index (χ0n) is 9.82. The molecule has 4 heteroatoms. The maximum absolute atomic E-state index is 13.3. The molecule has 1 aromatic rings. The molecule has 0 aliphatic carbocycles. The zero-order chi connectivity index (χ0) is 11.2. The number of halogens is 2. The van der Waals surface area contributed by atoms with Gasteiger partial charge in [0.25, 0.3) is 0 Å². The van der Waals surface area contributed by atoms with E-state index in [0.717, 1.165) is 19.7 Å². The van der Waals surface area contributed by atoms with Gasteiger partial charge in [0.1, 0.15) is 5.82 Å². The molecule has 1 N–H and O–H groups in total. The van der Waals surface area contributed by atoms with Gasteiger partial charge in [0, 0.05) is 12.1 Å². The molecule has 0 spiro atoms. The van der Waals surface area contributed by atoms with Crippen molar-refractivity contribution < 1.29 is 9.13 Å². The lowest BCUT2D eigenvalue weighted by Crippen LogP contribution is -2.32. The Hall–Kier alpha value is -0.640. The molecule has 0 aromatic heterocycles. The molecule has 2 nitrogen and oxygen atoms in total. The SMILES string of the molecule is Cl.Fc1ccccc1COCC1CCCNC1. The summed E-state index contributed by atoms with van der Waals surface area (Å²) in [5.41, 5.74) is 0.645. The van der Waals surface area contributed by atoms with Gasteiger partial charge < -0.3 is 10.1 Å². The van der Waals surface area contributed by atoms with Crippen molar-refractivity contribution in [3.63, 3.8) is 0 Å². The first-order chi connectivity index (χ1) is 7.86. The van der Waals surface area contributed by atoms with Gasteiger partial charge in [0.15, 0.2) is 0 Å². The van der Waals surface area contributed by atoms with Crippen LogP contribution in [-0.2, 0) is 11.3 Å². The molecule has 0 saturated carbocycles. The van der Waals surface area contributed by atoms with E-state index in [4.69, 9.17) is 4.74 Å². The van der Waals surface area contributed by atoms with Crippen LogP contribution in [0.1, 0.15) is 18.4 Å². The Balaban J connectivity index is 0.00000144. The summed E-state index contributed by atoms with van der Waals surface area (Å²) in [5.74, 6) is 0.407. The van der Waals surface area contributed by atoms with E-state index in [9.17, 15) is 4.39 Å². The van der Waals surface area contributed by atoms with Crippen molar-refractivity contribution in [1.29, 1.82) is 0 Å². The Bertz CT molecular complexity index is 329. The first-order valence-electron chi connectivity index (χ1n) is 5.88. The van der Waals surface area contributed by atoms with Gasteiger partial charge in [0.05, 0.1) is 13.2 Å². The van der Waals surface area contributed by atoms with Gasteiger partial charge in [-0.25, -0.2) is 4.39 Å². The number of piperidine rings is 1. The Labute approximate surface area is 108 Å². The Morgan fingerprint density at radius 1 is 1.35 bits per heavy atom. The fourth-order valence-corrected chi connectivity index (χ4v) is 2.02. The van der Waals surface area contributed by atoms with E-state index in [1.165, 1.54) is 18.9 Å². The predicted octanol–water partition coefficient (Wildman–Crippen LogP) is 2.76. The molecular weight excluding hydrogens is 241 g/mol. The smallest absolute Gasteiger partial charge is 0.128 e. The lowest BCUT2D eigenvalue weighted by atomic mass is 10.0. The van der Waals surface area contributed by atoms with Crippen molar-refractivity contribution in [2.75, 3.05) is 19.7 Å². The molecule has 1 aromatic carbocycles. The van der Waals surface area contributed by atoms with Crippen LogP contribution in [0.2, 0.25) is 0 Å². The summed E-state index contributed by atoms with van der Waals surface area (Å²) in [4.78, 5) is 0. The van der Waals surface area contributed by atoms with Crippen LogP contribution in [0.15, 0.2) is 24.3 Å². The van der Waals surface area contributed by atoms with Crippen molar-refractivity contribution in [2.45, 2.75) is 19.4 Å². The third kappa shape index (κ3) is 4.62. The topological polar surface area (TPSA) is 21.3 Å². The molecule has 1 saturated heterocycles. The second-order valence-electron chi connectivity index (χ2n) is 4.32. The van der Waals surface area contributed by atoms with E-state index in [1.807, 2.05) is 6.07 Å². The van der Waals surface area contributed by atoms with Crippen LogP contribution in [0.5, 0.6) is 0 Å². The lowest BCUT2D eigenvalue weighted by molar-refractivity contribution is 0.0766. The summed E-state index contributed by atoms with van der Waals surface area (Å²) in [6.07, 6.45) is 2.43. The van der Waals surface area contributed by atoms with Crippen LogP contribution >= 0.6 is 12.4 Å². The van der Waals surface area contributed by atoms with E-state index in [1.54, 1.807) is 12.1 Å². The van der Waals surface area contributed by atoms with Crippen molar-refractivity contribution in [1.82, 2.24) is 5.32 Å². The fourth-order valence-electron chi connectivity index (χ4n) is 2.02. The van der Waals surface area contributed by atoms with Crippen molar-refractivity contribution in [3.8, 4) is 0 Å². The molecule has 0 bridgehead atoms. The van der Waals surface area contributed by atoms with Crippen LogP contribution in [0.25, 0.3) is 0 Å². The molecule has 0 amide bonds. The molecule has 2 rings (SSSR count). The van der Waals surface area contributed by atoms with Crippen LogP contribution in [0.4, 0.5) is 4.39 Å². The van der Waals surface area contributed by atoms with Crippen LogP contribution in [0.3, 0.4) is 0 Å². The Kier molecular flexibility index (Phi) is 6.48. The molecule has 1 fully saturated rings. The number of rotatable bonds is 4. The highest BCUT2D eigenvalue weighted by molar-refractivity contribution is 5.85. The van der Waals surface area contributed by atoms with E-state index in [2.05, 4.69) is 5.32 Å². The van der Waals surface area contributed by atoms with E-state index in [-0.39, 0.29) is 18.2 Å². The van der Waals surface area contributed by atoms with Gasteiger partial charge in [-0.05, 0) is 31.4 Å². The van der Waals surface area contributed by atoms with E-state index < -0.39 is 0 Å². The quantitative estimate of drug-likeness (QED) is 0.898. The van der Waals surface area contributed by atoms with Gasteiger partial charge in [-0.15, -0.1) is 12.4 Å². The van der Waals surface area contributed by atoms with Crippen LogP contribution in [0, 0.1) is 11.7 Å².